The van der Waals surface area contributed by atoms with Crippen LogP contribution < -0.4 is 15.4 Å². The summed E-state index contributed by atoms with van der Waals surface area (Å²) in [4.78, 5) is 4.78. The molecule has 1 fully saturated rings. The van der Waals surface area contributed by atoms with E-state index >= 15 is 0 Å². The van der Waals surface area contributed by atoms with E-state index in [2.05, 4.69) is 0 Å². The highest BCUT2D eigenvalue weighted by Gasteiger charge is 2.44. The second-order valence-corrected chi connectivity index (χ2v) is 4.16. The van der Waals surface area contributed by atoms with Crippen LogP contribution in [0.5, 0.6) is 11.5 Å². The van der Waals surface area contributed by atoms with Gasteiger partial charge in [0.1, 0.15) is 0 Å². The van der Waals surface area contributed by atoms with E-state index in [9.17, 15) is 0 Å². The van der Waals surface area contributed by atoms with Crippen molar-refractivity contribution in [3.63, 3.8) is 0 Å². The van der Waals surface area contributed by atoms with Crippen LogP contribution in [0, 0.1) is 0 Å². The third kappa shape index (κ3) is 1.86. The lowest BCUT2D eigenvalue weighted by atomic mass is 9.96. The molecule has 0 bridgehead atoms. The zero-order valence-corrected chi connectivity index (χ0v) is 9.66. The van der Waals surface area contributed by atoms with Crippen LogP contribution in [0.1, 0.15) is 18.4 Å². The van der Waals surface area contributed by atoms with Gasteiger partial charge in [-0.05, 0) is 30.5 Å². The molecular weight excluding hydrogens is 206 g/mol. The van der Waals surface area contributed by atoms with Gasteiger partial charge in [-0.3, -0.25) is 0 Å². The fourth-order valence-corrected chi connectivity index (χ4v) is 1.99. The van der Waals surface area contributed by atoms with Crippen molar-refractivity contribution in [3.8, 4) is 11.5 Å². The highest BCUT2D eigenvalue weighted by Crippen LogP contribution is 2.49. The Labute approximate surface area is 95.2 Å². The van der Waals surface area contributed by atoms with Crippen LogP contribution in [0.4, 0.5) is 0 Å². The van der Waals surface area contributed by atoms with E-state index in [-0.39, 0.29) is 5.41 Å². The van der Waals surface area contributed by atoms with Crippen LogP contribution >= 0.6 is 0 Å². The van der Waals surface area contributed by atoms with E-state index in [0.29, 0.717) is 6.61 Å². The molecule has 0 unspecified atom stereocenters. The van der Waals surface area contributed by atoms with Crippen molar-refractivity contribution in [3.05, 3.63) is 23.8 Å². The molecule has 0 atom stereocenters. The minimum atomic E-state index is 0.0916. The molecule has 0 amide bonds. The molecule has 16 heavy (non-hydrogen) atoms. The van der Waals surface area contributed by atoms with Crippen molar-refractivity contribution in [2.75, 3.05) is 20.8 Å². The highest BCUT2D eigenvalue weighted by atomic mass is 16.6. The van der Waals surface area contributed by atoms with Gasteiger partial charge < -0.3 is 14.3 Å². The Bertz CT molecular complexity index is 375. The van der Waals surface area contributed by atoms with Gasteiger partial charge in [0, 0.05) is 5.41 Å². The van der Waals surface area contributed by atoms with Crippen LogP contribution in [-0.2, 0) is 10.3 Å². The molecule has 2 N–H and O–H groups in total. The third-order valence-electron chi connectivity index (χ3n) is 3.21. The van der Waals surface area contributed by atoms with Crippen molar-refractivity contribution >= 4 is 0 Å². The second-order valence-electron chi connectivity index (χ2n) is 4.16. The van der Waals surface area contributed by atoms with Crippen molar-refractivity contribution in [2.45, 2.75) is 18.3 Å². The largest absolute Gasteiger partial charge is 0.493 e. The van der Waals surface area contributed by atoms with E-state index in [0.717, 1.165) is 24.3 Å². The summed E-state index contributed by atoms with van der Waals surface area (Å²) in [6.07, 6.45) is 2.22. The van der Waals surface area contributed by atoms with Gasteiger partial charge in [0.15, 0.2) is 11.5 Å². The Morgan fingerprint density at radius 3 is 2.38 bits per heavy atom. The first-order chi connectivity index (χ1) is 7.75. The maximum absolute atomic E-state index is 5.28. The van der Waals surface area contributed by atoms with Crippen molar-refractivity contribution < 1.29 is 14.3 Å². The fourth-order valence-electron chi connectivity index (χ4n) is 1.99. The Kier molecular flexibility index (Phi) is 3.03. The molecule has 0 heterocycles. The molecule has 1 aromatic carbocycles. The maximum Gasteiger partial charge on any atom is 0.161 e. The molecule has 0 aliphatic heterocycles. The summed E-state index contributed by atoms with van der Waals surface area (Å²) in [6, 6.07) is 5.98. The number of rotatable bonds is 5. The monoisotopic (exact) mass is 223 g/mol. The average molecular weight is 223 g/mol. The normalized spacial score (nSPS) is 16.9. The zero-order chi connectivity index (χ0) is 11.6. The minimum Gasteiger partial charge on any atom is -0.493 e. The molecule has 4 nitrogen and oxygen atoms in total. The first-order valence-electron chi connectivity index (χ1n) is 5.30. The molecule has 0 saturated heterocycles. The standard InChI is InChI=1S/C12H17NO3/c1-14-10-4-3-9(7-11(10)15-2)12(5-6-12)8-16-13/h3-4,7H,5-6,8,13H2,1-2H3. The van der Waals surface area contributed by atoms with Crippen LogP contribution in [-0.4, -0.2) is 20.8 Å². The molecule has 1 aliphatic carbocycles. The highest BCUT2D eigenvalue weighted by molar-refractivity contribution is 5.46. The zero-order valence-electron chi connectivity index (χ0n) is 9.66. The van der Waals surface area contributed by atoms with Crippen molar-refractivity contribution in [1.82, 2.24) is 0 Å². The maximum atomic E-state index is 5.28. The summed E-state index contributed by atoms with van der Waals surface area (Å²) in [5.74, 6) is 6.66. The van der Waals surface area contributed by atoms with Gasteiger partial charge in [-0.15, -0.1) is 0 Å². The molecular formula is C12H17NO3. The Balaban J connectivity index is 2.29. The molecule has 0 radical (unpaired) electrons. The third-order valence-corrected chi connectivity index (χ3v) is 3.21. The van der Waals surface area contributed by atoms with Crippen LogP contribution in [0.2, 0.25) is 0 Å². The van der Waals surface area contributed by atoms with Crippen molar-refractivity contribution in [1.29, 1.82) is 0 Å². The van der Waals surface area contributed by atoms with Crippen molar-refractivity contribution in [2.24, 2.45) is 5.90 Å². The number of hydrogen-bond acceptors (Lipinski definition) is 4. The molecule has 88 valence electrons. The lowest BCUT2D eigenvalue weighted by Gasteiger charge is -2.16. The van der Waals surface area contributed by atoms with E-state index in [1.807, 2.05) is 18.2 Å². The van der Waals surface area contributed by atoms with Gasteiger partial charge >= 0.3 is 0 Å². The molecule has 2 rings (SSSR count). The minimum absolute atomic E-state index is 0.0916. The van der Waals surface area contributed by atoms with Gasteiger partial charge in [0.05, 0.1) is 20.8 Å². The van der Waals surface area contributed by atoms with Crippen LogP contribution in [0.15, 0.2) is 18.2 Å². The first kappa shape index (κ1) is 11.2. The predicted molar refractivity (Wildman–Crippen MR) is 60.6 cm³/mol. The molecule has 0 spiro atoms. The predicted octanol–water partition coefficient (Wildman–Crippen LogP) is 1.63. The van der Waals surface area contributed by atoms with Gasteiger partial charge in [-0.2, -0.15) is 0 Å². The second kappa shape index (κ2) is 4.31. The lowest BCUT2D eigenvalue weighted by Crippen LogP contribution is -2.18. The molecule has 1 aromatic rings. The number of methoxy groups -OCH3 is 2. The number of ether oxygens (including phenoxy) is 2. The van der Waals surface area contributed by atoms with Crippen LogP contribution in [0.3, 0.4) is 0 Å². The Morgan fingerprint density at radius 2 is 1.88 bits per heavy atom. The Morgan fingerprint density at radius 1 is 1.19 bits per heavy atom. The van der Waals surface area contributed by atoms with Crippen LogP contribution in [0.25, 0.3) is 0 Å². The summed E-state index contributed by atoms with van der Waals surface area (Å²) in [7, 11) is 3.27. The van der Waals surface area contributed by atoms with Gasteiger partial charge in [-0.25, -0.2) is 5.90 Å². The fraction of sp³-hybridized carbons (Fsp3) is 0.500. The Hall–Kier alpha value is -1.26. The summed E-state index contributed by atoms with van der Waals surface area (Å²) in [6.45, 7) is 0.558. The van der Waals surface area contributed by atoms with E-state index in [1.54, 1.807) is 14.2 Å². The molecule has 4 heteroatoms. The number of nitrogens with two attached hydrogens (primary N) is 1. The van der Waals surface area contributed by atoms with Gasteiger partial charge in [0.25, 0.3) is 0 Å². The average Bonchev–Trinajstić information content (AvgIpc) is 3.09. The van der Waals surface area contributed by atoms with Gasteiger partial charge in [-0.1, -0.05) is 6.07 Å². The summed E-state index contributed by atoms with van der Waals surface area (Å²) < 4.78 is 10.5. The summed E-state index contributed by atoms with van der Waals surface area (Å²) in [5, 5.41) is 0. The number of benzene rings is 1. The van der Waals surface area contributed by atoms with E-state index in [4.69, 9.17) is 20.2 Å². The summed E-state index contributed by atoms with van der Waals surface area (Å²) in [5.41, 5.74) is 1.30. The van der Waals surface area contributed by atoms with Gasteiger partial charge in [0.2, 0.25) is 0 Å². The SMILES string of the molecule is COc1ccc(C2(CON)CC2)cc1OC. The summed E-state index contributed by atoms with van der Waals surface area (Å²) >= 11 is 0. The van der Waals surface area contributed by atoms with E-state index in [1.165, 1.54) is 5.56 Å². The number of hydrogen-bond donors (Lipinski definition) is 1. The smallest absolute Gasteiger partial charge is 0.161 e. The van der Waals surface area contributed by atoms with E-state index < -0.39 is 0 Å². The molecule has 1 aliphatic rings. The quantitative estimate of drug-likeness (QED) is 0.771. The topological polar surface area (TPSA) is 53.7 Å². The molecule has 1 saturated carbocycles. The lowest BCUT2D eigenvalue weighted by molar-refractivity contribution is 0.116. The first-order valence-corrected chi connectivity index (χ1v) is 5.30. The molecule has 0 aromatic heterocycles.